The Kier molecular flexibility index (Phi) is 5.79. The van der Waals surface area contributed by atoms with Gasteiger partial charge in [0.25, 0.3) is 15.9 Å². The first-order chi connectivity index (χ1) is 14.4. The third kappa shape index (κ3) is 4.06. The first kappa shape index (κ1) is 20.8. The lowest BCUT2D eigenvalue weighted by Gasteiger charge is -2.22. The van der Waals surface area contributed by atoms with Gasteiger partial charge in [0.2, 0.25) is 0 Å². The van der Waals surface area contributed by atoms with Gasteiger partial charge in [0, 0.05) is 18.5 Å². The number of furan rings is 1. The van der Waals surface area contributed by atoms with E-state index in [1.165, 1.54) is 24.4 Å². The number of nitrogens with zero attached hydrogens (tertiary/aromatic N) is 3. The maximum Gasteiger partial charge on any atom is 0.258 e. The van der Waals surface area contributed by atoms with Crippen molar-refractivity contribution >= 4 is 44.6 Å². The summed E-state index contributed by atoms with van der Waals surface area (Å²) < 4.78 is 32.1. The van der Waals surface area contributed by atoms with E-state index < -0.39 is 22.0 Å². The van der Waals surface area contributed by atoms with Crippen LogP contribution in [0.5, 0.6) is 0 Å². The number of hydrazone groups is 1. The smallest absolute Gasteiger partial charge is 0.258 e. The summed E-state index contributed by atoms with van der Waals surface area (Å²) in [5.74, 6) is 0.142. The molecular formula is C20H18ClN3O4S2. The Balaban J connectivity index is 1.60. The molecule has 1 aromatic carbocycles. The summed E-state index contributed by atoms with van der Waals surface area (Å²) in [5.41, 5.74) is 1.54. The Morgan fingerprint density at radius 1 is 1.27 bits per heavy atom. The van der Waals surface area contributed by atoms with Gasteiger partial charge in [-0.3, -0.25) is 4.79 Å². The lowest BCUT2D eigenvalue weighted by atomic mass is 10.0. The molecule has 2 aromatic heterocycles. The molecule has 3 heterocycles. The topological polar surface area (TPSA) is 83.2 Å². The SMILES string of the molecule is CN(CC(=O)N1N=C(c2ccc(Cl)cc2)CC1c1ccco1)S(=O)(=O)c1cccs1. The van der Waals surface area contributed by atoms with Crippen LogP contribution in [0.1, 0.15) is 23.8 Å². The van der Waals surface area contributed by atoms with Crippen LogP contribution < -0.4 is 0 Å². The second-order valence-electron chi connectivity index (χ2n) is 6.72. The largest absolute Gasteiger partial charge is 0.467 e. The molecule has 3 aromatic rings. The van der Waals surface area contributed by atoms with Gasteiger partial charge in [0.1, 0.15) is 16.0 Å². The number of hydrogen-bond acceptors (Lipinski definition) is 6. The zero-order chi connectivity index (χ0) is 21.3. The van der Waals surface area contributed by atoms with Crippen molar-refractivity contribution in [2.45, 2.75) is 16.7 Å². The van der Waals surface area contributed by atoms with E-state index in [0.717, 1.165) is 21.2 Å². The summed E-state index contributed by atoms with van der Waals surface area (Å²) in [7, 11) is -2.36. The summed E-state index contributed by atoms with van der Waals surface area (Å²) in [5, 5.41) is 8.09. The predicted molar refractivity (Wildman–Crippen MR) is 115 cm³/mol. The Morgan fingerprint density at radius 3 is 2.67 bits per heavy atom. The Labute approximate surface area is 183 Å². The highest BCUT2D eigenvalue weighted by molar-refractivity contribution is 7.91. The molecule has 1 atom stereocenters. The van der Waals surface area contributed by atoms with E-state index >= 15 is 0 Å². The van der Waals surface area contributed by atoms with Crippen LogP contribution in [0.25, 0.3) is 0 Å². The van der Waals surface area contributed by atoms with Crippen LogP contribution in [0.4, 0.5) is 0 Å². The van der Waals surface area contributed by atoms with Crippen molar-refractivity contribution in [3.63, 3.8) is 0 Å². The molecule has 30 heavy (non-hydrogen) atoms. The van der Waals surface area contributed by atoms with Crippen LogP contribution in [-0.2, 0) is 14.8 Å². The van der Waals surface area contributed by atoms with Gasteiger partial charge >= 0.3 is 0 Å². The fourth-order valence-corrected chi connectivity index (χ4v) is 5.62. The second-order valence-corrected chi connectivity index (χ2v) is 10.4. The molecule has 0 saturated heterocycles. The fourth-order valence-electron chi connectivity index (χ4n) is 3.17. The number of carbonyl (C=O) groups is 1. The highest BCUT2D eigenvalue weighted by Gasteiger charge is 2.36. The van der Waals surface area contributed by atoms with Crippen molar-refractivity contribution in [3.8, 4) is 0 Å². The third-order valence-electron chi connectivity index (χ3n) is 4.73. The standard InChI is InChI=1S/C20H18ClN3O4S2/c1-23(30(26,27)20-5-3-11-29-20)13-19(25)24-17(18-4-2-10-28-18)12-16(22-24)14-6-8-15(21)9-7-14/h2-11,17H,12-13H2,1H3. The number of carbonyl (C=O) groups excluding carboxylic acids is 1. The number of likely N-dealkylation sites (N-methyl/N-ethyl adjacent to an activating group) is 1. The molecule has 1 aliphatic heterocycles. The minimum Gasteiger partial charge on any atom is -0.467 e. The van der Waals surface area contributed by atoms with Gasteiger partial charge in [-0.15, -0.1) is 11.3 Å². The number of sulfonamides is 1. The lowest BCUT2D eigenvalue weighted by molar-refractivity contribution is -0.133. The zero-order valence-electron chi connectivity index (χ0n) is 15.9. The highest BCUT2D eigenvalue weighted by Crippen LogP contribution is 2.33. The van der Waals surface area contributed by atoms with E-state index in [2.05, 4.69) is 5.10 Å². The summed E-state index contributed by atoms with van der Waals surface area (Å²) in [6, 6.07) is 13.4. The van der Waals surface area contributed by atoms with E-state index in [1.54, 1.807) is 35.7 Å². The number of rotatable bonds is 6. The van der Waals surface area contributed by atoms with E-state index in [0.29, 0.717) is 22.9 Å². The molecule has 0 saturated carbocycles. The van der Waals surface area contributed by atoms with Crippen LogP contribution in [0.3, 0.4) is 0 Å². The number of hydrogen-bond donors (Lipinski definition) is 0. The van der Waals surface area contributed by atoms with Crippen molar-refractivity contribution < 1.29 is 17.6 Å². The first-order valence-electron chi connectivity index (χ1n) is 9.05. The molecule has 0 spiro atoms. The summed E-state index contributed by atoms with van der Waals surface area (Å²) in [4.78, 5) is 13.1. The van der Waals surface area contributed by atoms with Crippen molar-refractivity contribution in [3.05, 3.63) is 76.5 Å². The van der Waals surface area contributed by atoms with E-state index in [-0.39, 0.29) is 10.8 Å². The zero-order valence-corrected chi connectivity index (χ0v) is 18.3. The minimum absolute atomic E-state index is 0.187. The minimum atomic E-state index is -3.74. The van der Waals surface area contributed by atoms with E-state index in [9.17, 15) is 13.2 Å². The lowest BCUT2D eigenvalue weighted by Crippen LogP contribution is -2.38. The van der Waals surface area contributed by atoms with Crippen molar-refractivity contribution in [1.29, 1.82) is 0 Å². The Bertz CT molecular complexity index is 1160. The van der Waals surface area contributed by atoms with Gasteiger partial charge in [-0.25, -0.2) is 13.4 Å². The third-order valence-corrected chi connectivity index (χ3v) is 8.16. The van der Waals surface area contributed by atoms with Crippen molar-refractivity contribution in [2.24, 2.45) is 5.10 Å². The molecule has 1 unspecified atom stereocenters. The number of amides is 1. The molecule has 1 amide bonds. The second kappa shape index (κ2) is 8.35. The molecule has 0 N–H and O–H groups in total. The van der Waals surface area contributed by atoms with Crippen LogP contribution in [0.2, 0.25) is 5.02 Å². The normalized spacial score (nSPS) is 16.8. The van der Waals surface area contributed by atoms with Gasteiger partial charge in [-0.2, -0.15) is 9.41 Å². The molecule has 10 heteroatoms. The van der Waals surface area contributed by atoms with Gasteiger partial charge in [0.05, 0.1) is 18.5 Å². The number of thiophene rings is 1. The van der Waals surface area contributed by atoms with Crippen LogP contribution in [-0.4, -0.2) is 42.9 Å². The number of benzene rings is 1. The molecule has 7 nitrogen and oxygen atoms in total. The fraction of sp³-hybridized carbons (Fsp3) is 0.200. The summed E-state index contributed by atoms with van der Waals surface area (Å²) in [6.07, 6.45) is 1.98. The summed E-state index contributed by atoms with van der Waals surface area (Å²) in [6.45, 7) is -0.338. The molecular weight excluding hydrogens is 446 g/mol. The first-order valence-corrected chi connectivity index (χ1v) is 11.7. The van der Waals surface area contributed by atoms with Gasteiger partial charge in [-0.1, -0.05) is 29.8 Å². The molecule has 4 rings (SSSR count). The van der Waals surface area contributed by atoms with E-state index in [4.69, 9.17) is 16.0 Å². The van der Waals surface area contributed by atoms with Crippen LogP contribution in [0.15, 0.2) is 73.9 Å². The Morgan fingerprint density at radius 2 is 2.03 bits per heavy atom. The van der Waals surface area contributed by atoms with Crippen LogP contribution >= 0.6 is 22.9 Å². The molecule has 1 aliphatic rings. The maximum absolute atomic E-state index is 13.1. The number of halogens is 1. The predicted octanol–water partition coefficient (Wildman–Crippen LogP) is 3.99. The van der Waals surface area contributed by atoms with Crippen molar-refractivity contribution in [1.82, 2.24) is 9.31 Å². The monoisotopic (exact) mass is 463 g/mol. The molecule has 0 fully saturated rings. The maximum atomic E-state index is 13.1. The molecule has 0 aliphatic carbocycles. The summed E-state index contributed by atoms with van der Waals surface area (Å²) >= 11 is 7.08. The Hall–Kier alpha value is -2.46. The molecule has 156 valence electrons. The van der Waals surface area contributed by atoms with Crippen molar-refractivity contribution in [2.75, 3.05) is 13.6 Å². The molecule has 0 bridgehead atoms. The molecule has 0 radical (unpaired) electrons. The van der Waals surface area contributed by atoms with E-state index in [1.807, 2.05) is 12.1 Å². The quantitative estimate of drug-likeness (QED) is 0.553. The van der Waals surface area contributed by atoms with Gasteiger partial charge in [-0.05, 0) is 41.3 Å². The average molecular weight is 464 g/mol. The average Bonchev–Trinajstić information content (AvgIpc) is 3.49. The van der Waals surface area contributed by atoms with Gasteiger partial charge < -0.3 is 4.42 Å². The highest BCUT2D eigenvalue weighted by atomic mass is 35.5. The van der Waals surface area contributed by atoms with Crippen LogP contribution in [0, 0.1) is 0 Å². The van der Waals surface area contributed by atoms with Gasteiger partial charge in [0.15, 0.2) is 0 Å².